The van der Waals surface area contributed by atoms with Gasteiger partial charge in [0.15, 0.2) is 0 Å². The second-order valence-electron chi connectivity index (χ2n) is 2.43. The molecule has 0 bridgehead atoms. The lowest BCUT2D eigenvalue weighted by Gasteiger charge is -2.10. The van der Waals surface area contributed by atoms with E-state index in [1.54, 1.807) is 0 Å². The van der Waals surface area contributed by atoms with Gasteiger partial charge in [0.2, 0.25) is 0 Å². The molecule has 0 aromatic carbocycles. The summed E-state index contributed by atoms with van der Waals surface area (Å²) in [6.45, 7) is -6.79. The van der Waals surface area contributed by atoms with Crippen LogP contribution in [-0.2, 0) is 6.18 Å². The van der Waals surface area contributed by atoms with Crippen molar-refractivity contribution in [3.8, 4) is 0 Å². The first kappa shape index (κ1) is 4.96. The van der Waals surface area contributed by atoms with E-state index in [1.807, 2.05) is 0 Å². The van der Waals surface area contributed by atoms with Crippen molar-refractivity contribution in [2.24, 2.45) is 0 Å². The summed E-state index contributed by atoms with van der Waals surface area (Å²) < 4.78 is 89.0. The maximum Gasteiger partial charge on any atom is 0.433 e. The third-order valence-corrected chi connectivity index (χ3v) is 1.79. The number of nitrogens with zero attached hydrogens (tertiary/aromatic N) is 1. The van der Waals surface area contributed by atoms with Gasteiger partial charge in [-0.1, -0.05) is 29.6 Å². The summed E-state index contributed by atoms with van der Waals surface area (Å²) in [6, 6.07) is 1.37. The Hall–Kier alpha value is -0.580. The van der Waals surface area contributed by atoms with Gasteiger partial charge >= 0.3 is 6.18 Å². The number of hydrogen-bond acceptors (Lipinski definition) is 1. The summed E-state index contributed by atoms with van der Waals surface area (Å²) in [6.07, 6.45) is -4.90. The second kappa shape index (κ2) is 3.88. The first-order valence-electron chi connectivity index (χ1n) is 6.86. The Kier molecular flexibility index (Phi) is 1.38. The number of pyridine rings is 1. The fourth-order valence-corrected chi connectivity index (χ4v) is 1.20. The van der Waals surface area contributed by atoms with Gasteiger partial charge in [-0.2, -0.15) is 13.2 Å². The van der Waals surface area contributed by atoms with Crippen LogP contribution in [0.15, 0.2) is 16.6 Å². The fourth-order valence-electron chi connectivity index (χ4n) is 0.770. The van der Waals surface area contributed by atoms with Crippen LogP contribution in [0.3, 0.4) is 0 Å². The molecule has 0 spiro atoms. The Morgan fingerprint density at radius 3 is 2.64 bits per heavy atom. The van der Waals surface area contributed by atoms with Crippen molar-refractivity contribution in [1.29, 1.82) is 0 Å². The molecule has 1 nitrogen and oxygen atoms in total. The van der Waals surface area contributed by atoms with E-state index in [9.17, 15) is 13.2 Å². The third-order valence-electron chi connectivity index (χ3n) is 1.34. The quantitative estimate of drug-likeness (QED) is 0.755. The minimum atomic E-state index is -4.90. The summed E-state index contributed by atoms with van der Waals surface area (Å²) in [4.78, 5) is 3.05. The highest BCUT2D eigenvalue weighted by atomic mass is 79.9. The van der Waals surface area contributed by atoms with E-state index in [4.69, 9.17) is 9.60 Å². The molecule has 0 unspecified atom stereocenters. The largest absolute Gasteiger partial charge is 0.433 e. The Bertz CT molecular complexity index is 524. The first-order valence-corrected chi connectivity index (χ1v) is 4.15. The molecule has 1 heterocycles. The highest BCUT2D eigenvalue weighted by molar-refractivity contribution is 9.10. The highest BCUT2D eigenvalue weighted by Crippen LogP contribution is 2.31. The minimum Gasteiger partial charge on any atom is -0.248 e. The van der Waals surface area contributed by atoms with Gasteiger partial charge < -0.3 is 0 Å². The van der Waals surface area contributed by atoms with Gasteiger partial charge in [-0.05, 0) is 18.0 Å². The lowest BCUT2D eigenvalue weighted by atomic mass is 10.1. The van der Waals surface area contributed by atoms with Crippen LogP contribution in [0.5, 0.6) is 0 Å². The van der Waals surface area contributed by atoms with Crippen molar-refractivity contribution in [2.75, 3.05) is 0 Å². The number of alkyl halides is 3. The van der Waals surface area contributed by atoms with Gasteiger partial charge in [0.05, 0.1) is 0 Å². The SMILES string of the molecule is [2H]C([2H])([2H])C([2H])(c1cc(Br)cc(C(F)(F)F)n1)C([2H])([2H])[2H]. The van der Waals surface area contributed by atoms with Crippen LogP contribution >= 0.6 is 15.9 Å². The van der Waals surface area contributed by atoms with Crippen LogP contribution in [0.4, 0.5) is 13.2 Å². The monoisotopic (exact) mass is 274 g/mol. The van der Waals surface area contributed by atoms with Crippen molar-refractivity contribution >= 4 is 15.9 Å². The molecule has 5 heteroatoms. The van der Waals surface area contributed by atoms with Crippen LogP contribution in [0.2, 0.25) is 0 Å². The number of aromatic nitrogens is 1. The molecule has 78 valence electrons. The summed E-state index contributed by atoms with van der Waals surface area (Å²) in [7, 11) is 0. The molecule has 1 aromatic rings. The molecule has 1 aromatic heterocycles. The zero-order valence-electron chi connectivity index (χ0n) is 13.6. The summed E-state index contributed by atoms with van der Waals surface area (Å²) in [5, 5.41) is 0. The van der Waals surface area contributed by atoms with Gasteiger partial charge in [-0.3, -0.25) is 0 Å². The molecule has 0 fully saturated rings. The van der Waals surface area contributed by atoms with E-state index in [0.717, 1.165) is 6.07 Å². The average Bonchev–Trinajstić information content (AvgIpc) is 2.22. The Morgan fingerprint density at radius 2 is 2.14 bits per heavy atom. The molecule has 0 saturated heterocycles. The zero-order valence-corrected chi connectivity index (χ0v) is 8.20. The molecular weight excluding hydrogens is 259 g/mol. The Morgan fingerprint density at radius 1 is 1.50 bits per heavy atom. The molecule has 0 aliphatic carbocycles. The maximum atomic E-state index is 12.7. The van der Waals surface area contributed by atoms with E-state index >= 15 is 0 Å². The van der Waals surface area contributed by atoms with E-state index in [1.165, 1.54) is 0 Å². The molecule has 0 amide bonds. The van der Waals surface area contributed by atoms with Crippen LogP contribution in [-0.4, -0.2) is 4.98 Å². The second-order valence-corrected chi connectivity index (χ2v) is 3.34. The predicted octanol–water partition coefficient (Wildman–Crippen LogP) is 3.99. The fraction of sp³-hybridized carbons (Fsp3) is 0.444. The molecule has 0 saturated carbocycles. The van der Waals surface area contributed by atoms with Crippen molar-refractivity contribution in [3.63, 3.8) is 0 Å². The maximum absolute atomic E-state index is 12.7. The summed E-state index contributed by atoms with van der Waals surface area (Å²) in [5.74, 6) is -3.27. The molecule has 0 aliphatic rings. The van der Waals surface area contributed by atoms with Gasteiger partial charge in [-0.15, -0.1) is 0 Å². The van der Waals surface area contributed by atoms with Crippen LogP contribution in [0, 0.1) is 0 Å². The average molecular weight is 275 g/mol. The van der Waals surface area contributed by atoms with Gasteiger partial charge in [0.25, 0.3) is 0 Å². The molecular formula is C9H9BrF3N. The van der Waals surface area contributed by atoms with Crippen molar-refractivity contribution in [2.45, 2.75) is 25.8 Å². The first-order chi connectivity index (χ1) is 9.10. The van der Waals surface area contributed by atoms with Crippen LogP contribution in [0.1, 0.15) is 40.6 Å². The van der Waals surface area contributed by atoms with E-state index in [0.29, 0.717) is 6.07 Å². The molecule has 1 rings (SSSR count). The normalized spacial score (nSPS) is 22.1. The minimum absolute atomic E-state index is 0.218. The molecule has 0 aliphatic heterocycles. The zero-order chi connectivity index (χ0) is 16.9. The Labute approximate surface area is 98.3 Å². The van der Waals surface area contributed by atoms with Crippen molar-refractivity contribution < 1.29 is 22.8 Å². The van der Waals surface area contributed by atoms with E-state index in [2.05, 4.69) is 20.9 Å². The van der Waals surface area contributed by atoms with E-state index in [-0.39, 0.29) is 4.47 Å². The van der Waals surface area contributed by atoms with Crippen molar-refractivity contribution in [1.82, 2.24) is 4.98 Å². The highest BCUT2D eigenvalue weighted by Gasteiger charge is 2.33. The molecule has 0 atom stereocenters. The summed E-state index contributed by atoms with van der Waals surface area (Å²) in [5.41, 5.74) is -2.47. The van der Waals surface area contributed by atoms with Gasteiger partial charge in [-0.25, -0.2) is 4.98 Å². The lowest BCUT2D eigenvalue weighted by Crippen LogP contribution is -2.10. The smallest absolute Gasteiger partial charge is 0.248 e. The standard InChI is InChI=1S/C9H9BrF3N/c1-5(2)7-3-6(10)4-8(14-7)9(11,12)13/h3-5H,1-2H3/i1D3,2D3,5D. The van der Waals surface area contributed by atoms with Gasteiger partial charge in [0.1, 0.15) is 5.69 Å². The number of halogens is 4. The van der Waals surface area contributed by atoms with Crippen LogP contribution < -0.4 is 0 Å². The number of hydrogen-bond donors (Lipinski definition) is 0. The summed E-state index contributed by atoms with van der Waals surface area (Å²) >= 11 is 2.74. The van der Waals surface area contributed by atoms with Crippen LogP contribution in [0.25, 0.3) is 0 Å². The lowest BCUT2D eigenvalue weighted by molar-refractivity contribution is -0.141. The Balaban J connectivity index is 3.66. The topological polar surface area (TPSA) is 12.9 Å². The number of rotatable bonds is 1. The predicted molar refractivity (Wildman–Crippen MR) is 51.0 cm³/mol. The van der Waals surface area contributed by atoms with Gasteiger partial charge in [0, 0.05) is 19.8 Å². The van der Waals surface area contributed by atoms with E-state index < -0.39 is 37.2 Å². The third kappa shape index (κ3) is 2.70. The molecule has 0 radical (unpaired) electrons. The molecule has 0 N–H and O–H groups in total. The van der Waals surface area contributed by atoms with Crippen molar-refractivity contribution in [3.05, 3.63) is 28.0 Å². The molecule has 14 heavy (non-hydrogen) atoms.